The average Bonchev–Trinajstić information content (AvgIpc) is 2.39. The van der Waals surface area contributed by atoms with Crippen LogP contribution in [0.4, 0.5) is 0 Å². The van der Waals surface area contributed by atoms with Gasteiger partial charge in [-0.1, -0.05) is 64.7 Å². The van der Waals surface area contributed by atoms with Crippen LogP contribution in [0.25, 0.3) is 0 Å². The normalized spacial score (nSPS) is 14.2. The van der Waals surface area contributed by atoms with E-state index in [0.717, 1.165) is 12.8 Å². The van der Waals surface area contributed by atoms with Crippen LogP contribution in [0.5, 0.6) is 0 Å². The summed E-state index contributed by atoms with van der Waals surface area (Å²) in [6, 6.07) is 0. The lowest BCUT2D eigenvalue weighted by Gasteiger charge is -2.06. The highest BCUT2D eigenvalue weighted by Gasteiger charge is 2.17. The quantitative estimate of drug-likeness (QED) is 0.519. The molecule has 4 heteroatoms. The van der Waals surface area contributed by atoms with Crippen LogP contribution in [0.1, 0.15) is 78.1 Å². The summed E-state index contributed by atoms with van der Waals surface area (Å²) in [5.41, 5.74) is 0. The Bertz CT molecular complexity index is 254. The van der Waals surface area contributed by atoms with E-state index in [4.69, 9.17) is 5.11 Å². The van der Waals surface area contributed by atoms with Crippen LogP contribution in [-0.4, -0.2) is 26.3 Å². The minimum Gasteiger partial charge on any atom is -0.480 e. The molecule has 0 aliphatic rings. The Kier molecular flexibility index (Phi) is 12.4. The van der Waals surface area contributed by atoms with Crippen molar-refractivity contribution in [3.05, 3.63) is 0 Å². The fraction of sp³-hybridized carbons (Fsp3) is 0.933. The lowest BCUT2D eigenvalue weighted by molar-refractivity contribution is -0.136. The summed E-state index contributed by atoms with van der Waals surface area (Å²) in [5, 5.41) is 8.00. The van der Waals surface area contributed by atoms with Crippen LogP contribution in [0.2, 0.25) is 0 Å². The van der Waals surface area contributed by atoms with E-state index in [1.54, 1.807) is 0 Å². The first-order valence-electron chi connectivity index (χ1n) is 7.69. The minimum atomic E-state index is -1.21. The van der Waals surface area contributed by atoms with E-state index in [-0.39, 0.29) is 0 Å². The number of hydrogen-bond acceptors (Lipinski definition) is 2. The fourth-order valence-electron chi connectivity index (χ4n) is 2.02. The number of hydrogen-bond donors (Lipinski definition) is 1. The van der Waals surface area contributed by atoms with Gasteiger partial charge >= 0.3 is 5.97 Å². The van der Waals surface area contributed by atoms with Gasteiger partial charge in [-0.2, -0.15) is 0 Å². The molecule has 0 heterocycles. The molecule has 0 amide bonds. The van der Waals surface area contributed by atoms with Gasteiger partial charge in [0, 0.05) is 16.6 Å². The molecular formula is C15H30O3S. The molecule has 0 spiro atoms. The van der Waals surface area contributed by atoms with Crippen LogP contribution in [-0.2, 0) is 15.6 Å². The molecule has 0 aromatic carbocycles. The van der Waals surface area contributed by atoms with Gasteiger partial charge in [-0.25, -0.2) is 0 Å². The van der Waals surface area contributed by atoms with Crippen LogP contribution in [0, 0.1) is 0 Å². The second-order valence-corrected chi connectivity index (χ2v) is 7.12. The van der Waals surface area contributed by atoms with Crippen molar-refractivity contribution in [2.75, 3.05) is 5.75 Å². The molecule has 0 radical (unpaired) electrons. The van der Waals surface area contributed by atoms with Crippen LogP contribution in [0.3, 0.4) is 0 Å². The van der Waals surface area contributed by atoms with E-state index in [9.17, 15) is 9.00 Å². The van der Waals surface area contributed by atoms with E-state index in [0.29, 0.717) is 5.75 Å². The first-order chi connectivity index (χ1) is 9.09. The van der Waals surface area contributed by atoms with Gasteiger partial charge in [0.15, 0.2) is 0 Å². The Hall–Kier alpha value is -0.380. The molecule has 0 saturated heterocycles. The summed E-state index contributed by atoms with van der Waals surface area (Å²) in [6.07, 6.45) is 12.4. The molecule has 1 N–H and O–H groups in total. The molecule has 114 valence electrons. The van der Waals surface area contributed by atoms with Gasteiger partial charge in [-0.05, 0) is 13.3 Å². The number of unbranched alkanes of at least 4 members (excludes halogenated alkanes) is 9. The molecule has 0 aliphatic carbocycles. The Balaban J connectivity index is 3.27. The predicted octanol–water partition coefficient (Wildman–Crippen LogP) is 4.13. The van der Waals surface area contributed by atoms with Gasteiger partial charge in [-0.15, -0.1) is 0 Å². The Morgan fingerprint density at radius 1 is 0.947 bits per heavy atom. The number of rotatable bonds is 13. The number of aliphatic carboxylic acids is 1. The zero-order valence-corrected chi connectivity index (χ0v) is 13.3. The minimum absolute atomic E-state index is 0.532. The standard InChI is InChI=1S/C15H30O3S/c1-3-4-5-6-7-8-9-10-11-12-13-19(18)14(2)15(16)17/h14H,3-13H2,1-2H3,(H,16,17). The third-order valence-corrected chi connectivity index (χ3v) is 5.12. The third-order valence-electron chi connectivity index (χ3n) is 3.44. The van der Waals surface area contributed by atoms with Crippen LogP contribution >= 0.6 is 0 Å². The highest BCUT2D eigenvalue weighted by molar-refractivity contribution is 7.86. The fourth-order valence-corrected chi connectivity index (χ4v) is 3.09. The van der Waals surface area contributed by atoms with Crippen molar-refractivity contribution in [2.24, 2.45) is 0 Å². The van der Waals surface area contributed by atoms with Crippen molar-refractivity contribution in [2.45, 2.75) is 83.3 Å². The molecule has 0 aliphatic heterocycles. The zero-order chi connectivity index (χ0) is 14.5. The summed E-state index contributed by atoms with van der Waals surface area (Å²) >= 11 is 0. The van der Waals surface area contributed by atoms with Gasteiger partial charge in [0.05, 0.1) is 0 Å². The van der Waals surface area contributed by atoms with Crippen molar-refractivity contribution in [3.8, 4) is 0 Å². The van der Waals surface area contributed by atoms with Crippen molar-refractivity contribution in [1.29, 1.82) is 0 Å². The molecule has 2 unspecified atom stereocenters. The van der Waals surface area contributed by atoms with E-state index < -0.39 is 22.0 Å². The maximum atomic E-state index is 11.6. The van der Waals surface area contributed by atoms with Crippen molar-refractivity contribution in [3.63, 3.8) is 0 Å². The summed E-state index contributed by atoms with van der Waals surface area (Å²) in [7, 11) is -1.21. The van der Waals surface area contributed by atoms with Crippen LogP contribution in [0.15, 0.2) is 0 Å². The number of carboxylic acids is 1. The average molecular weight is 290 g/mol. The second kappa shape index (κ2) is 12.6. The monoisotopic (exact) mass is 290 g/mol. The Morgan fingerprint density at radius 2 is 1.37 bits per heavy atom. The zero-order valence-electron chi connectivity index (χ0n) is 12.5. The molecule has 0 aromatic rings. The maximum absolute atomic E-state index is 11.6. The van der Waals surface area contributed by atoms with Crippen molar-refractivity contribution in [1.82, 2.24) is 0 Å². The topological polar surface area (TPSA) is 54.4 Å². The van der Waals surface area contributed by atoms with Gasteiger partial charge in [-0.3, -0.25) is 9.00 Å². The largest absolute Gasteiger partial charge is 0.480 e. The first-order valence-corrected chi connectivity index (χ1v) is 9.07. The molecule has 0 bridgehead atoms. The molecular weight excluding hydrogens is 260 g/mol. The van der Waals surface area contributed by atoms with E-state index in [1.165, 1.54) is 58.3 Å². The lowest BCUT2D eigenvalue weighted by atomic mass is 10.1. The molecule has 0 aromatic heterocycles. The second-order valence-electron chi connectivity index (χ2n) is 5.25. The van der Waals surface area contributed by atoms with Gasteiger partial charge in [0.2, 0.25) is 0 Å². The SMILES string of the molecule is CCCCCCCCCCCCS(=O)C(C)C(=O)O. The smallest absolute Gasteiger partial charge is 0.318 e. The van der Waals surface area contributed by atoms with Crippen LogP contribution < -0.4 is 0 Å². The Labute approximate surface area is 120 Å². The first kappa shape index (κ1) is 18.6. The number of carboxylic acid groups (broad SMARTS) is 1. The van der Waals surface area contributed by atoms with E-state index >= 15 is 0 Å². The molecule has 19 heavy (non-hydrogen) atoms. The maximum Gasteiger partial charge on any atom is 0.318 e. The molecule has 3 nitrogen and oxygen atoms in total. The van der Waals surface area contributed by atoms with Crippen molar-refractivity contribution >= 4 is 16.8 Å². The summed E-state index contributed by atoms with van der Waals surface area (Å²) in [5.74, 6) is -0.422. The lowest BCUT2D eigenvalue weighted by Crippen LogP contribution is -2.23. The van der Waals surface area contributed by atoms with E-state index in [2.05, 4.69) is 6.92 Å². The molecule has 0 rings (SSSR count). The highest BCUT2D eigenvalue weighted by atomic mass is 32.2. The van der Waals surface area contributed by atoms with Gasteiger partial charge in [0.25, 0.3) is 0 Å². The highest BCUT2D eigenvalue weighted by Crippen LogP contribution is 2.11. The van der Waals surface area contributed by atoms with Crippen molar-refractivity contribution < 1.29 is 14.1 Å². The third kappa shape index (κ3) is 11.2. The van der Waals surface area contributed by atoms with E-state index in [1.807, 2.05) is 0 Å². The van der Waals surface area contributed by atoms with Gasteiger partial charge in [0.1, 0.15) is 5.25 Å². The summed E-state index contributed by atoms with van der Waals surface area (Å²) in [4.78, 5) is 10.6. The summed E-state index contributed by atoms with van der Waals surface area (Å²) in [6.45, 7) is 3.75. The molecule has 0 fully saturated rings. The number of carbonyl (C=O) groups is 1. The van der Waals surface area contributed by atoms with Gasteiger partial charge < -0.3 is 5.11 Å². The summed E-state index contributed by atoms with van der Waals surface area (Å²) < 4.78 is 11.6. The molecule has 0 saturated carbocycles. The predicted molar refractivity (Wildman–Crippen MR) is 82.0 cm³/mol. The molecule has 2 atom stereocenters. The Morgan fingerprint density at radius 3 is 1.79 bits per heavy atom.